The first-order valence-corrected chi connectivity index (χ1v) is 5.74. The standard InChI is InChI=1S/C10H18ClNO2/c11-7-3-4-9(14)12-10(8-13)5-1-2-6-10/h13H,1-8H2,(H,12,14). The highest BCUT2D eigenvalue weighted by molar-refractivity contribution is 6.17. The van der Waals surface area contributed by atoms with Gasteiger partial charge >= 0.3 is 0 Å². The van der Waals surface area contributed by atoms with Crippen molar-refractivity contribution >= 4 is 17.5 Å². The second-order valence-electron chi connectivity index (χ2n) is 3.99. The molecule has 0 atom stereocenters. The van der Waals surface area contributed by atoms with Crippen molar-refractivity contribution in [2.24, 2.45) is 0 Å². The molecule has 0 radical (unpaired) electrons. The average Bonchev–Trinajstić information content (AvgIpc) is 2.64. The summed E-state index contributed by atoms with van der Waals surface area (Å²) < 4.78 is 0. The number of carbonyl (C=O) groups is 1. The summed E-state index contributed by atoms with van der Waals surface area (Å²) in [6, 6.07) is 0. The number of hydrogen-bond acceptors (Lipinski definition) is 2. The van der Waals surface area contributed by atoms with Crippen molar-refractivity contribution in [2.75, 3.05) is 12.5 Å². The Hall–Kier alpha value is -0.280. The Morgan fingerprint density at radius 2 is 2.07 bits per heavy atom. The molecule has 0 bridgehead atoms. The van der Waals surface area contributed by atoms with Crippen LogP contribution in [0.2, 0.25) is 0 Å². The summed E-state index contributed by atoms with van der Waals surface area (Å²) in [5, 5.41) is 12.2. The fourth-order valence-electron chi connectivity index (χ4n) is 1.96. The number of amides is 1. The van der Waals surface area contributed by atoms with Gasteiger partial charge in [-0.25, -0.2) is 0 Å². The third-order valence-electron chi connectivity index (χ3n) is 2.81. The van der Waals surface area contributed by atoms with Gasteiger partial charge in [0.05, 0.1) is 12.1 Å². The predicted octanol–water partition coefficient (Wildman–Crippen LogP) is 1.43. The van der Waals surface area contributed by atoms with Crippen molar-refractivity contribution in [3.8, 4) is 0 Å². The van der Waals surface area contributed by atoms with Gasteiger partial charge in [-0.1, -0.05) is 12.8 Å². The van der Waals surface area contributed by atoms with Crippen LogP contribution < -0.4 is 5.32 Å². The number of aliphatic hydroxyl groups is 1. The monoisotopic (exact) mass is 219 g/mol. The van der Waals surface area contributed by atoms with Gasteiger partial charge < -0.3 is 10.4 Å². The molecule has 3 nitrogen and oxygen atoms in total. The molecule has 14 heavy (non-hydrogen) atoms. The Labute approximate surface area is 89.8 Å². The quantitative estimate of drug-likeness (QED) is 0.688. The Bertz CT molecular complexity index is 191. The lowest BCUT2D eigenvalue weighted by molar-refractivity contribution is -0.123. The van der Waals surface area contributed by atoms with Gasteiger partial charge in [-0.3, -0.25) is 4.79 Å². The van der Waals surface area contributed by atoms with E-state index in [4.69, 9.17) is 11.6 Å². The van der Waals surface area contributed by atoms with Gasteiger partial charge in [-0.15, -0.1) is 11.6 Å². The maximum Gasteiger partial charge on any atom is 0.220 e. The van der Waals surface area contributed by atoms with E-state index in [0.717, 1.165) is 25.7 Å². The minimum atomic E-state index is -0.330. The van der Waals surface area contributed by atoms with Gasteiger partial charge in [0.2, 0.25) is 5.91 Å². The lowest BCUT2D eigenvalue weighted by Gasteiger charge is -2.27. The highest BCUT2D eigenvalue weighted by Gasteiger charge is 2.34. The summed E-state index contributed by atoms with van der Waals surface area (Å²) in [7, 11) is 0. The molecule has 0 aromatic carbocycles. The Kier molecular flexibility index (Phi) is 4.69. The van der Waals surface area contributed by atoms with Crippen LogP contribution in [0.4, 0.5) is 0 Å². The van der Waals surface area contributed by atoms with E-state index in [1.54, 1.807) is 0 Å². The van der Waals surface area contributed by atoms with Gasteiger partial charge in [-0.2, -0.15) is 0 Å². The number of nitrogens with one attached hydrogen (secondary N) is 1. The normalized spacial score (nSPS) is 19.6. The molecule has 1 amide bonds. The smallest absolute Gasteiger partial charge is 0.220 e. The first-order chi connectivity index (χ1) is 6.72. The predicted molar refractivity (Wildman–Crippen MR) is 56.4 cm³/mol. The van der Waals surface area contributed by atoms with E-state index in [0.29, 0.717) is 18.7 Å². The van der Waals surface area contributed by atoms with E-state index in [9.17, 15) is 9.90 Å². The van der Waals surface area contributed by atoms with E-state index in [1.165, 1.54) is 0 Å². The van der Waals surface area contributed by atoms with E-state index < -0.39 is 0 Å². The van der Waals surface area contributed by atoms with Crippen LogP contribution in [0, 0.1) is 0 Å². The summed E-state index contributed by atoms with van der Waals surface area (Å²) >= 11 is 5.50. The molecule has 1 aliphatic rings. The van der Waals surface area contributed by atoms with Crippen LogP contribution in [0.1, 0.15) is 38.5 Å². The fourth-order valence-corrected chi connectivity index (χ4v) is 2.09. The molecule has 0 aromatic heterocycles. The molecule has 1 fully saturated rings. The van der Waals surface area contributed by atoms with Crippen LogP contribution >= 0.6 is 11.6 Å². The largest absolute Gasteiger partial charge is 0.394 e. The molecule has 1 rings (SSSR count). The second kappa shape index (κ2) is 5.56. The van der Waals surface area contributed by atoms with Crippen LogP contribution in [0.5, 0.6) is 0 Å². The molecule has 1 aliphatic carbocycles. The van der Waals surface area contributed by atoms with Crippen molar-refractivity contribution < 1.29 is 9.90 Å². The van der Waals surface area contributed by atoms with E-state index >= 15 is 0 Å². The molecular weight excluding hydrogens is 202 g/mol. The zero-order valence-corrected chi connectivity index (χ0v) is 9.15. The summed E-state index contributed by atoms with van der Waals surface area (Å²) in [4.78, 5) is 11.4. The Morgan fingerprint density at radius 3 is 2.57 bits per heavy atom. The molecule has 4 heteroatoms. The third kappa shape index (κ3) is 3.14. The van der Waals surface area contributed by atoms with Gasteiger partial charge in [0.15, 0.2) is 0 Å². The Morgan fingerprint density at radius 1 is 1.43 bits per heavy atom. The highest BCUT2D eigenvalue weighted by atomic mass is 35.5. The van der Waals surface area contributed by atoms with Crippen molar-refractivity contribution in [2.45, 2.75) is 44.1 Å². The minimum Gasteiger partial charge on any atom is -0.394 e. The molecular formula is C10H18ClNO2. The van der Waals surface area contributed by atoms with E-state index in [-0.39, 0.29) is 18.1 Å². The lowest BCUT2D eigenvalue weighted by atomic mass is 9.98. The molecule has 0 aromatic rings. The van der Waals surface area contributed by atoms with E-state index in [1.807, 2.05) is 0 Å². The fraction of sp³-hybridized carbons (Fsp3) is 0.900. The van der Waals surface area contributed by atoms with Gasteiger partial charge in [0.1, 0.15) is 0 Å². The molecule has 0 unspecified atom stereocenters. The maximum atomic E-state index is 11.4. The zero-order chi connectivity index (χ0) is 10.4. The maximum absolute atomic E-state index is 11.4. The molecule has 0 spiro atoms. The lowest BCUT2D eigenvalue weighted by Crippen LogP contribution is -2.49. The van der Waals surface area contributed by atoms with Gasteiger partial charge in [-0.05, 0) is 19.3 Å². The molecule has 82 valence electrons. The van der Waals surface area contributed by atoms with Crippen molar-refractivity contribution in [1.82, 2.24) is 5.32 Å². The van der Waals surface area contributed by atoms with Crippen LogP contribution in [0.3, 0.4) is 0 Å². The summed E-state index contributed by atoms with van der Waals surface area (Å²) in [5.41, 5.74) is -0.330. The number of halogens is 1. The first-order valence-electron chi connectivity index (χ1n) is 5.20. The number of alkyl halides is 1. The highest BCUT2D eigenvalue weighted by Crippen LogP contribution is 2.29. The van der Waals surface area contributed by atoms with Crippen LogP contribution in [-0.4, -0.2) is 29.0 Å². The van der Waals surface area contributed by atoms with Gasteiger partial charge in [0, 0.05) is 12.3 Å². The van der Waals surface area contributed by atoms with Crippen molar-refractivity contribution in [3.63, 3.8) is 0 Å². The molecule has 0 heterocycles. The number of aliphatic hydroxyl groups excluding tert-OH is 1. The molecule has 0 aliphatic heterocycles. The molecule has 2 N–H and O–H groups in total. The van der Waals surface area contributed by atoms with Gasteiger partial charge in [0.25, 0.3) is 0 Å². The third-order valence-corrected chi connectivity index (χ3v) is 3.07. The zero-order valence-electron chi connectivity index (χ0n) is 8.39. The minimum absolute atomic E-state index is 0.0154. The Balaban J connectivity index is 2.36. The van der Waals surface area contributed by atoms with Crippen molar-refractivity contribution in [3.05, 3.63) is 0 Å². The first kappa shape index (κ1) is 11.8. The van der Waals surface area contributed by atoms with Crippen molar-refractivity contribution in [1.29, 1.82) is 0 Å². The molecule has 0 saturated heterocycles. The summed E-state index contributed by atoms with van der Waals surface area (Å²) in [5.74, 6) is 0.529. The number of hydrogen-bond donors (Lipinski definition) is 2. The summed E-state index contributed by atoms with van der Waals surface area (Å²) in [6.45, 7) is 0.0552. The second-order valence-corrected chi connectivity index (χ2v) is 4.36. The average molecular weight is 220 g/mol. The summed E-state index contributed by atoms with van der Waals surface area (Å²) in [6.07, 6.45) is 5.15. The van der Waals surface area contributed by atoms with Crippen LogP contribution in [0.15, 0.2) is 0 Å². The SMILES string of the molecule is O=C(CCCCl)NC1(CO)CCCC1. The number of rotatable bonds is 5. The molecule has 1 saturated carbocycles. The topological polar surface area (TPSA) is 49.3 Å². The van der Waals surface area contributed by atoms with E-state index in [2.05, 4.69) is 5.32 Å². The number of carbonyl (C=O) groups excluding carboxylic acids is 1. The van der Waals surface area contributed by atoms with Crippen LogP contribution in [-0.2, 0) is 4.79 Å². The van der Waals surface area contributed by atoms with Crippen LogP contribution in [0.25, 0.3) is 0 Å².